The van der Waals surface area contributed by atoms with Crippen LogP contribution in [0.2, 0.25) is 0 Å². The summed E-state index contributed by atoms with van der Waals surface area (Å²) in [6.45, 7) is 4.38. The monoisotopic (exact) mass is 456 g/mol. The van der Waals surface area contributed by atoms with Crippen LogP contribution in [0.5, 0.6) is 5.75 Å². The molecule has 2 aromatic heterocycles. The molecule has 0 fully saturated rings. The van der Waals surface area contributed by atoms with Gasteiger partial charge in [0.2, 0.25) is 0 Å². The maximum Gasteiger partial charge on any atom is 0.303 e. The van der Waals surface area contributed by atoms with Crippen molar-refractivity contribution in [2.75, 3.05) is 12.4 Å². The second kappa shape index (κ2) is 15.2. The molecule has 0 aromatic carbocycles. The lowest BCUT2D eigenvalue weighted by atomic mass is 9.89. The first-order valence-electron chi connectivity index (χ1n) is 12.3. The molecule has 2 heterocycles. The van der Waals surface area contributed by atoms with Crippen molar-refractivity contribution in [2.24, 2.45) is 5.92 Å². The van der Waals surface area contributed by atoms with E-state index in [9.17, 15) is 4.79 Å². The van der Waals surface area contributed by atoms with Crippen molar-refractivity contribution < 1.29 is 14.6 Å². The Hall–Kier alpha value is -2.70. The average Bonchev–Trinajstić information content (AvgIpc) is 2.81. The quantitative estimate of drug-likeness (QED) is 0.267. The summed E-state index contributed by atoms with van der Waals surface area (Å²) in [7, 11) is 1.61. The van der Waals surface area contributed by atoms with Crippen molar-refractivity contribution in [2.45, 2.75) is 90.5 Å². The maximum absolute atomic E-state index is 11.0. The third-order valence-electron chi connectivity index (χ3n) is 5.91. The summed E-state index contributed by atoms with van der Waals surface area (Å²) in [6, 6.07) is 5.83. The van der Waals surface area contributed by atoms with Crippen LogP contribution in [-0.4, -0.2) is 39.2 Å². The minimum Gasteiger partial charge on any atom is -0.491 e. The summed E-state index contributed by atoms with van der Waals surface area (Å²) in [5.74, 6) is 1.58. The summed E-state index contributed by atoms with van der Waals surface area (Å²) in [5, 5.41) is 12.5. The summed E-state index contributed by atoms with van der Waals surface area (Å²) < 4.78 is 5.47. The van der Waals surface area contributed by atoms with Crippen LogP contribution in [0.1, 0.15) is 84.5 Å². The van der Waals surface area contributed by atoms with Crippen molar-refractivity contribution in [1.29, 1.82) is 0 Å². The number of anilines is 1. The van der Waals surface area contributed by atoms with Crippen molar-refractivity contribution in [1.82, 2.24) is 15.0 Å². The van der Waals surface area contributed by atoms with E-state index in [-0.39, 0.29) is 12.5 Å². The highest BCUT2D eigenvalue weighted by atomic mass is 16.5. The second-order valence-electron chi connectivity index (χ2n) is 8.82. The first-order chi connectivity index (χ1) is 16.0. The molecule has 2 atom stereocenters. The van der Waals surface area contributed by atoms with Crippen molar-refractivity contribution in [3.63, 3.8) is 0 Å². The lowest BCUT2D eigenvalue weighted by Gasteiger charge is -2.23. The van der Waals surface area contributed by atoms with Gasteiger partial charge in [-0.2, -0.15) is 0 Å². The van der Waals surface area contributed by atoms with Crippen LogP contribution in [0.25, 0.3) is 11.5 Å². The normalized spacial score (nSPS) is 12.8. The Morgan fingerprint density at radius 1 is 1.09 bits per heavy atom. The molecule has 33 heavy (non-hydrogen) atoms. The molecule has 2 unspecified atom stereocenters. The fraction of sp³-hybridized carbons (Fsp3) is 0.615. The topological polar surface area (TPSA) is 97.2 Å². The first kappa shape index (κ1) is 26.6. The zero-order valence-electron chi connectivity index (χ0n) is 20.4. The van der Waals surface area contributed by atoms with Gasteiger partial charge in [-0.3, -0.25) is 9.78 Å². The van der Waals surface area contributed by atoms with Crippen LogP contribution < -0.4 is 10.1 Å². The molecule has 0 spiro atoms. The third kappa shape index (κ3) is 10.2. The van der Waals surface area contributed by atoms with E-state index in [1.807, 2.05) is 18.2 Å². The lowest BCUT2D eigenvalue weighted by molar-refractivity contribution is -0.137. The van der Waals surface area contributed by atoms with Gasteiger partial charge in [-0.05, 0) is 44.2 Å². The number of unbranched alkanes of at least 4 members (excludes halogenated alkanes) is 5. The molecule has 0 amide bonds. The highest BCUT2D eigenvalue weighted by Crippen LogP contribution is 2.27. The Balaban J connectivity index is 1.98. The molecule has 7 nitrogen and oxygen atoms in total. The van der Waals surface area contributed by atoms with Crippen molar-refractivity contribution in [3.8, 4) is 17.3 Å². The minimum absolute atomic E-state index is 0.167. The molecule has 2 rings (SSSR count). The number of hydrogen-bond donors (Lipinski definition) is 2. The molecule has 2 aromatic rings. The van der Waals surface area contributed by atoms with Gasteiger partial charge in [-0.25, -0.2) is 9.97 Å². The molecule has 7 heteroatoms. The number of ether oxygens (including phenoxy) is 1. The summed E-state index contributed by atoms with van der Waals surface area (Å²) in [4.78, 5) is 24.4. The van der Waals surface area contributed by atoms with Crippen molar-refractivity contribution >= 4 is 11.8 Å². The van der Waals surface area contributed by atoms with Crippen LogP contribution in [0.4, 0.5) is 5.82 Å². The van der Waals surface area contributed by atoms with E-state index in [0.717, 1.165) is 25.7 Å². The van der Waals surface area contributed by atoms with Gasteiger partial charge in [-0.1, -0.05) is 57.9 Å². The molecule has 182 valence electrons. The lowest BCUT2D eigenvalue weighted by Crippen LogP contribution is -2.21. The van der Waals surface area contributed by atoms with Crippen LogP contribution in [0.15, 0.2) is 30.6 Å². The number of methoxy groups -OCH3 is 1. The van der Waals surface area contributed by atoms with Gasteiger partial charge >= 0.3 is 5.97 Å². The Morgan fingerprint density at radius 2 is 1.85 bits per heavy atom. The highest BCUT2D eigenvalue weighted by Gasteiger charge is 2.17. The standard InChI is InChI=1S/C26H40N4O3/c1-4-5-6-7-8-9-13-21(14-12-16-24(31)32)18-20(2)29-26-23(33-3)19-28-25(30-26)22-15-10-11-17-27-22/h10-11,15,17,19-21H,4-9,12-14,16,18H2,1-3H3,(H,31,32)(H,28,29,30). The van der Waals surface area contributed by atoms with Gasteiger partial charge in [0.05, 0.1) is 13.3 Å². The number of hydrogen-bond acceptors (Lipinski definition) is 6. The fourth-order valence-corrected chi connectivity index (χ4v) is 4.17. The molecule has 0 radical (unpaired) electrons. The zero-order chi connectivity index (χ0) is 23.9. The molecule has 0 aliphatic heterocycles. The fourth-order valence-electron chi connectivity index (χ4n) is 4.17. The molecule has 0 aliphatic carbocycles. The van der Waals surface area contributed by atoms with Gasteiger partial charge in [0, 0.05) is 18.7 Å². The number of carboxylic acid groups (broad SMARTS) is 1. The number of aliphatic carboxylic acids is 1. The van der Waals surface area contributed by atoms with E-state index in [4.69, 9.17) is 9.84 Å². The van der Waals surface area contributed by atoms with E-state index in [0.29, 0.717) is 29.0 Å². The van der Waals surface area contributed by atoms with Gasteiger partial charge in [-0.15, -0.1) is 0 Å². The van der Waals surface area contributed by atoms with Gasteiger partial charge in [0.1, 0.15) is 5.69 Å². The predicted octanol–water partition coefficient (Wildman–Crippen LogP) is 6.36. The molecule has 0 saturated heterocycles. The molecule has 2 N–H and O–H groups in total. The summed E-state index contributed by atoms with van der Waals surface area (Å²) >= 11 is 0. The Morgan fingerprint density at radius 3 is 2.55 bits per heavy atom. The number of pyridine rings is 1. The van der Waals surface area contributed by atoms with Crippen molar-refractivity contribution in [3.05, 3.63) is 30.6 Å². The number of nitrogens with zero attached hydrogens (tertiary/aromatic N) is 3. The van der Waals surface area contributed by atoms with Crippen LogP contribution in [0.3, 0.4) is 0 Å². The zero-order valence-corrected chi connectivity index (χ0v) is 20.4. The number of rotatable bonds is 17. The van der Waals surface area contributed by atoms with Gasteiger partial charge < -0.3 is 15.2 Å². The van der Waals surface area contributed by atoms with E-state index in [1.165, 1.54) is 38.5 Å². The molecular formula is C26H40N4O3. The second-order valence-corrected chi connectivity index (χ2v) is 8.82. The van der Waals surface area contributed by atoms with Crippen LogP contribution >= 0.6 is 0 Å². The number of nitrogens with one attached hydrogen (secondary N) is 1. The largest absolute Gasteiger partial charge is 0.491 e. The van der Waals surface area contributed by atoms with E-state index in [1.54, 1.807) is 19.5 Å². The van der Waals surface area contributed by atoms with E-state index in [2.05, 4.69) is 34.1 Å². The summed E-state index contributed by atoms with van der Waals surface area (Å²) in [6.07, 6.45) is 15.0. The first-order valence-corrected chi connectivity index (χ1v) is 12.3. The Bertz CT molecular complexity index is 816. The number of carboxylic acids is 1. The average molecular weight is 457 g/mol. The smallest absolute Gasteiger partial charge is 0.303 e. The third-order valence-corrected chi connectivity index (χ3v) is 5.91. The van der Waals surface area contributed by atoms with E-state index < -0.39 is 5.97 Å². The van der Waals surface area contributed by atoms with Gasteiger partial charge in [0.15, 0.2) is 17.4 Å². The minimum atomic E-state index is -0.715. The maximum atomic E-state index is 11.0. The molecule has 0 aliphatic rings. The predicted molar refractivity (Wildman–Crippen MR) is 132 cm³/mol. The van der Waals surface area contributed by atoms with Gasteiger partial charge in [0.25, 0.3) is 0 Å². The Kier molecular flexibility index (Phi) is 12.2. The highest BCUT2D eigenvalue weighted by molar-refractivity contribution is 5.66. The number of carbonyl (C=O) groups is 1. The summed E-state index contributed by atoms with van der Waals surface area (Å²) in [5.41, 5.74) is 0.713. The molecular weight excluding hydrogens is 416 g/mol. The van der Waals surface area contributed by atoms with Crippen LogP contribution in [0, 0.1) is 5.92 Å². The molecule has 0 bridgehead atoms. The van der Waals surface area contributed by atoms with Crippen LogP contribution in [-0.2, 0) is 4.79 Å². The SMILES string of the molecule is CCCCCCCCC(CCCC(=O)O)CC(C)Nc1nc(-c2ccccn2)ncc1OC. The Labute approximate surface area is 198 Å². The molecule has 0 saturated carbocycles. The number of aromatic nitrogens is 3. The van der Waals surface area contributed by atoms with E-state index >= 15 is 0 Å².